The zero-order chi connectivity index (χ0) is 12.1. The maximum Gasteiger partial charge on any atom is 0.218 e. The van der Waals surface area contributed by atoms with Crippen LogP contribution in [0.1, 0.15) is 18.3 Å². The molecule has 4 heteroatoms. The van der Waals surface area contributed by atoms with E-state index in [0.717, 1.165) is 12.0 Å². The summed E-state index contributed by atoms with van der Waals surface area (Å²) >= 11 is 5.88. The molecular formula is C13H13ClN2O. The van der Waals surface area contributed by atoms with E-state index < -0.39 is 0 Å². The Balaban J connectivity index is 2.06. The van der Waals surface area contributed by atoms with Crippen LogP contribution < -0.4 is 4.74 Å². The molecule has 0 N–H and O–H groups in total. The number of nitrogens with zero attached hydrogens (tertiary/aromatic N) is 2. The molecule has 0 spiro atoms. The number of halogens is 1. The first-order valence-corrected chi connectivity index (χ1v) is 5.86. The van der Waals surface area contributed by atoms with Gasteiger partial charge in [0.25, 0.3) is 0 Å². The molecule has 0 aliphatic heterocycles. The Kier molecular flexibility index (Phi) is 3.94. The monoisotopic (exact) mass is 248 g/mol. The van der Waals surface area contributed by atoms with Gasteiger partial charge in [0.2, 0.25) is 5.88 Å². The fraction of sp³-hybridized carbons (Fsp3) is 0.231. The Labute approximate surface area is 105 Å². The highest BCUT2D eigenvalue weighted by Gasteiger charge is 2.03. The number of hydrogen-bond donors (Lipinski definition) is 0. The quantitative estimate of drug-likeness (QED) is 0.779. The van der Waals surface area contributed by atoms with Crippen LogP contribution in [0.2, 0.25) is 5.15 Å². The fourth-order valence-corrected chi connectivity index (χ4v) is 1.60. The van der Waals surface area contributed by atoms with E-state index in [9.17, 15) is 0 Å². The summed E-state index contributed by atoms with van der Waals surface area (Å²) in [7, 11) is 0. The summed E-state index contributed by atoms with van der Waals surface area (Å²) in [5.74, 6) is 1.21. The second-order valence-electron chi connectivity index (χ2n) is 3.57. The fourth-order valence-electron chi connectivity index (χ4n) is 1.41. The van der Waals surface area contributed by atoms with E-state index >= 15 is 0 Å². The van der Waals surface area contributed by atoms with Gasteiger partial charge in [0.05, 0.1) is 0 Å². The average Bonchev–Trinajstić information content (AvgIpc) is 2.37. The number of hydrogen-bond acceptors (Lipinski definition) is 3. The molecular weight excluding hydrogens is 236 g/mol. The van der Waals surface area contributed by atoms with Gasteiger partial charge in [-0.05, 0) is 5.56 Å². The van der Waals surface area contributed by atoms with Crippen LogP contribution in [0.4, 0.5) is 0 Å². The Morgan fingerprint density at radius 3 is 2.65 bits per heavy atom. The van der Waals surface area contributed by atoms with Crippen LogP contribution in [0.3, 0.4) is 0 Å². The summed E-state index contributed by atoms with van der Waals surface area (Å²) in [5.41, 5.74) is 1.10. The van der Waals surface area contributed by atoms with E-state index in [-0.39, 0.29) is 0 Å². The van der Waals surface area contributed by atoms with Crippen molar-refractivity contribution in [3.05, 3.63) is 52.9 Å². The van der Waals surface area contributed by atoms with Gasteiger partial charge in [-0.25, -0.2) is 4.98 Å². The first-order valence-electron chi connectivity index (χ1n) is 5.48. The smallest absolute Gasteiger partial charge is 0.218 e. The maximum absolute atomic E-state index is 5.88. The normalized spacial score (nSPS) is 10.2. The molecule has 0 aliphatic rings. The molecule has 0 aliphatic carbocycles. The summed E-state index contributed by atoms with van der Waals surface area (Å²) in [4.78, 5) is 8.33. The van der Waals surface area contributed by atoms with Gasteiger partial charge in [0, 0.05) is 12.5 Å². The summed E-state index contributed by atoms with van der Waals surface area (Å²) < 4.78 is 5.58. The third-order valence-electron chi connectivity index (χ3n) is 2.26. The lowest BCUT2D eigenvalue weighted by molar-refractivity contribution is 0.292. The molecule has 88 valence electrons. The van der Waals surface area contributed by atoms with E-state index in [4.69, 9.17) is 16.3 Å². The molecule has 0 amide bonds. The molecule has 0 radical (unpaired) electrons. The zero-order valence-electron chi connectivity index (χ0n) is 9.56. The van der Waals surface area contributed by atoms with E-state index in [1.54, 1.807) is 6.07 Å². The minimum Gasteiger partial charge on any atom is -0.473 e. The summed E-state index contributed by atoms with van der Waals surface area (Å²) in [5, 5.41) is 0.417. The highest BCUT2D eigenvalue weighted by molar-refractivity contribution is 6.29. The van der Waals surface area contributed by atoms with Crippen molar-refractivity contribution in [2.24, 2.45) is 0 Å². The molecule has 17 heavy (non-hydrogen) atoms. The highest BCUT2D eigenvalue weighted by atomic mass is 35.5. The lowest BCUT2D eigenvalue weighted by Gasteiger charge is -2.06. The van der Waals surface area contributed by atoms with Crippen LogP contribution in [0.25, 0.3) is 0 Å². The average molecular weight is 249 g/mol. The van der Waals surface area contributed by atoms with E-state index in [1.807, 2.05) is 37.3 Å². The predicted octanol–water partition coefficient (Wildman–Crippen LogP) is 3.27. The van der Waals surface area contributed by atoms with Crippen LogP contribution >= 0.6 is 11.6 Å². The predicted molar refractivity (Wildman–Crippen MR) is 67.2 cm³/mol. The maximum atomic E-state index is 5.88. The molecule has 0 atom stereocenters. The molecule has 1 aromatic heterocycles. The van der Waals surface area contributed by atoms with Crippen LogP contribution in [0.5, 0.6) is 5.88 Å². The molecule has 1 aromatic carbocycles. The van der Waals surface area contributed by atoms with Gasteiger partial charge in [-0.15, -0.1) is 0 Å². The number of aromatic nitrogens is 2. The van der Waals surface area contributed by atoms with Crippen molar-refractivity contribution in [3.63, 3.8) is 0 Å². The molecule has 3 nitrogen and oxygen atoms in total. The number of aryl methyl sites for hydroxylation is 1. The molecule has 0 bridgehead atoms. The van der Waals surface area contributed by atoms with Crippen molar-refractivity contribution in [1.82, 2.24) is 9.97 Å². The zero-order valence-corrected chi connectivity index (χ0v) is 10.3. The van der Waals surface area contributed by atoms with Crippen molar-refractivity contribution in [2.75, 3.05) is 0 Å². The summed E-state index contributed by atoms with van der Waals surface area (Å²) in [6.07, 6.45) is 0.738. The van der Waals surface area contributed by atoms with Gasteiger partial charge in [-0.2, -0.15) is 4.98 Å². The van der Waals surface area contributed by atoms with Gasteiger partial charge < -0.3 is 4.74 Å². The first kappa shape index (κ1) is 11.9. The minimum absolute atomic E-state index is 0.417. The molecule has 2 aromatic rings. The highest BCUT2D eigenvalue weighted by Crippen LogP contribution is 2.15. The number of rotatable bonds is 4. The first-order chi connectivity index (χ1) is 8.28. The van der Waals surface area contributed by atoms with Gasteiger partial charge in [0.15, 0.2) is 0 Å². The van der Waals surface area contributed by atoms with Crippen molar-refractivity contribution >= 4 is 11.6 Å². The Morgan fingerprint density at radius 2 is 1.94 bits per heavy atom. The SMILES string of the molecule is CCc1nc(Cl)cc(OCc2ccccc2)n1. The van der Waals surface area contributed by atoms with Crippen LogP contribution in [-0.4, -0.2) is 9.97 Å². The summed E-state index contributed by atoms with van der Waals surface area (Å²) in [6.45, 7) is 2.46. The van der Waals surface area contributed by atoms with Crippen molar-refractivity contribution < 1.29 is 4.74 Å². The number of benzene rings is 1. The van der Waals surface area contributed by atoms with Crippen molar-refractivity contribution in [2.45, 2.75) is 20.0 Å². The third kappa shape index (κ3) is 3.43. The second kappa shape index (κ2) is 5.64. The number of ether oxygens (including phenoxy) is 1. The Morgan fingerprint density at radius 1 is 1.18 bits per heavy atom. The largest absolute Gasteiger partial charge is 0.473 e. The molecule has 0 unspecified atom stereocenters. The van der Waals surface area contributed by atoms with Crippen molar-refractivity contribution in [3.8, 4) is 5.88 Å². The second-order valence-corrected chi connectivity index (χ2v) is 3.96. The van der Waals surface area contributed by atoms with Gasteiger partial charge in [-0.1, -0.05) is 48.9 Å². The van der Waals surface area contributed by atoms with E-state index in [0.29, 0.717) is 23.5 Å². The molecule has 2 rings (SSSR count). The third-order valence-corrected chi connectivity index (χ3v) is 2.46. The molecule has 0 fully saturated rings. The van der Waals surface area contributed by atoms with Gasteiger partial charge >= 0.3 is 0 Å². The van der Waals surface area contributed by atoms with Crippen LogP contribution in [-0.2, 0) is 13.0 Å². The van der Waals surface area contributed by atoms with Gasteiger partial charge in [0.1, 0.15) is 17.6 Å². The van der Waals surface area contributed by atoms with E-state index in [2.05, 4.69) is 9.97 Å². The lowest BCUT2D eigenvalue weighted by atomic mass is 10.2. The van der Waals surface area contributed by atoms with Crippen LogP contribution in [0, 0.1) is 0 Å². The van der Waals surface area contributed by atoms with Crippen LogP contribution in [0.15, 0.2) is 36.4 Å². The van der Waals surface area contributed by atoms with Gasteiger partial charge in [-0.3, -0.25) is 0 Å². The Bertz CT molecular complexity index is 488. The summed E-state index contributed by atoms with van der Waals surface area (Å²) in [6, 6.07) is 11.6. The topological polar surface area (TPSA) is 35.0 Å². The lowest BCUT2D eigenvalue weighted by Crippen LogP contribution is -2.00. The molecule has 0 saturated heterocycles. The van der Waals surface area contributed by atoms with Crippen molar-refractivity contribution in [1.29, 1.82) is 0 Å². The minimum atomic E-state index is 0.417. The molecule has 0 saturated carbocycles. The Hall–Kier alpha value is -1.61. The molecule has 1 heterocycles. The van der Waals surface area contributed by atoms with E-state index in [1.165, 1.54) is 0 Å². The standard InChI is InChI=1S/C13H13ClN2O/c1-2-12-15-11(14)8-13(16-12)17-9-10-6-4-3-5-7-10/h3-8H,2,9H2,1H3.